The summed E-state index contributed by atoms with van der Waals surface area (Å²) < 4.78 is 10.3. The van der Waals surface area contributed by atoms with Crippen LogP contribution in [-0.2, 0) is 9.53 Å². The van der Waals surface area contributed by atoms with Crippen LogP contribution in [0.25, 0.3) is 0 Å². The number of hydrogen-bond acceptors (Lipinski definition) is 4. The van der Waals surface area contributed by atoms with Crippen LogP contribution >= 0.6 is 0 Å². The Kier molecular flexibility index (Phi) is 8.52. The number of hydrogen-bond donors (Lipinski definition) is 0. The fraction of sp³-hybridized carbons (Fsp3) is 0.565. The predicted molar refractivity (Wildman–Crippen MR) is 121 cm³/mol. The van der Waals surface area contributed by atoms with Crippen LogP contribution in [0.15, 0.2) is 12.1 Å². The van der Waals surface area contributed by atoms with Crippen molar-refractivity contribution in [2.24, 2.45) is 0 Å². The molecule has 0 aliphatic rings. The number of rotatable bonds is 6. The Morgan fingerprint density at radius 3 is 1.90 bits per heavy atom. The molecule has 0 radical (unpaired) electrons. The van der Waals surface area contributed by atoms with Crippen molar-refractivity contribution in [2.45, 2.75) is 65.1 Å². The predicted octanol–water partition coefficient (Wildman–Crippen LogP) is 5.03. The van der Waals surface area contributed by atoms with E-state index in [1.807, 2.05) is 0 Å². The molecule has 0 atom stereocenters. The van der Waals surface area contributed by atoms with Crippen molar-refractivity contribution in [3.63, 3.8) is 0 Å². The van der Waals surface area contributed by atoms with Gasteiger partial charge in [0.15, 0.2) is 0 Å². The Hall–Kier alpha value is -2.26. The van der Waals surface area contributed by atoms with Crippen LogP contribution < -0.4 is 9.64 Å². The van der Waals surface area contributed by atoms with Gasteiger partial charge in [-0.25, -0.2) is 4.79 Å². The van der Waals surface area contributed by atoms with E-state index in [1.165, 1.54) is 26.0 Å². The smallest absolute Gasteiger partial charge is 0.341 e. The molecule has 0 heterocycles. The lowest BCUT2D eigenvalue weighted by Crippen LogP contribution is -2.43. The van der Waals surface area contributed by atoms with Crippen molar-refractivity contribution in [2.75, 3.05) is 26.2 Å². The number of ether oxygens (including phenoxy) is 2. The van der Waals surface area contributed by atoms with Gasteiger partial charge < -0.3 is 14.4 Å². The minimum atomic E-state index is -1.98. The number of methoxy groups -OCH3 is 2. The molecular formula is C23H35NO4Si. The molecular weight excluding hydrogens is 382 g/mol. The van der Waals surface area contributed by atoms with Crippen LogP contribution in [0.1, 0.15) is 64.4 Å². The quantitative estimate of drug-likeness (QED) is 0.370. The Balaban J connectivity index is 3.83. The van der Waals surface area contributed by atoms with E-state index in [2.05, 4.69) is 53.0 Å². The molecule has 0 saturated heterocycles. The third-order valence-electron chi connectivity index (χ3n) is 5.84. The molecule has 0 aromatic heterocycles. The molecule has 160 valence electrons. The maximum Gasteiger partial charge on any atom is 0.341 e. The molecule has 0 aliphatic carbocycles. The van der Waals surface area contributed by atoms with Gasteiger partial charge in [0.25, 0.3) is 0 Å². The van der Waals surface area contributed by atoms with Crippen molar-refractivity contribution >= 4 is 25.6 Å². The summed E-state index contributed by atoms with van der Waals surface area (Å²) in [6.45, 7) is 15.0. The zero-order valence-electron chi connectivity index (χ0n) is 19.5. The van der Waals surface area contributed by atoms with Crippen LogP contribution in [-0.4, -0.2) is 41.2 Å². The molecule has 1 rings (SSSR count). The fourth-order valence-electron chi connectivity index (χ4n) is 4.16. The lowest BCUT2D eigenvalue weighted by Gasteiger charge is -2.38. The van der Waals surface area contributed by atoms with E-state index in [0.717, 1.165) is 0 Å². The van der Waals surface area contributed by atoms with Crippen molar-refractivity contribution < 1.29 is 19.1 Å². The molecule has 1 aromatic rings. The minimum Gasteiger partial charge on any atom is -0.496 e. The van der Waals surface area contributed by atoms with Gasteiger partial charge in [-0.1, -0.05) is 47.5 Å². The Labute approximate surface area is 176 Å². The van der Waals surface area contributed by atoms with Crippen molar-refractivity contribution in [3.05, 3.63) is 23.3 Å². The molecule has 0 unspecified atom stereocenters. The van der Waals surface area contributed by atoms with E-state index < -0.39 is 14.0 Å². The Morgan fingerprint density at radius 1 is 1.00 bits per heavy atom. The largest absolute Gasteiger partial charge is 0.496 e. The monoisotopic (exact) mass is 417 g/mol. The first-order valence-corrected chi connectivity index (χ1v) is 12.2. The number of carbonyl (C=O) groups is 2. The van der Waals surface area contributed by atoms with E-state index in [1.54, 1.807) is 19.2 Å². The topological polar surface area (TPSA) is 55.8 Å². The van der Waals surface area contributed by atoms with Crippen LogP contribution in [0.5, 0.6) is 5.75 Å². The van der Waals surface area contributed by atoms with Crippen LogP contribution in [0.3, 0.4) is 0 Å². The van der Waals surface area contributed by atoms with Crippen molar-refractivity contribution in [1.29, 1.82) is 0 Å². The van der Waals surface area contributed by atoms with E-state index in [0.29, 0.717) is 39.2 Å². The molecule has 1 aromatic carbocycles. The molecule has 0 N–H and O–H groups in total. The fourth-order valence-corrected chi connectivity index (χ4v) is 9.38. The standard InChI is InChI=1S/C23H35NO4Si/c1-15(2)29(16(3)4,17(5)6)12-11-19-13-20(23(26)28-10)22(27-9)14-21(19)24(8)18(7)25/h13-17H,1-10H3. The lowest BCUT2D eigenvalue weighted by atomic mass is 10.1. The summed E-state index contributed by atoms with van der Waals surface area (Å²) >= 11 is 0. The summed E-state index contributed by atoms with van der Waals surface area (Å²) in [6, 6.07) is 3.35. The summed E-state index contributed by atoms with van der Waals surface area (Å²) in [7, 11) is 2.53. The highest BCUT2D eigenvalue weighted by Crippen LogP contribution is 2.41. The molecule has 29 heavy (non-hydrogen) atoms. The van der Waals surface area contributed by atoms with Gasteiger partial charge in [0.1, 0.15) is 19.4 Å². The van der Waals surface area contributed by atoms with E-state index in [9.17, 15) is 9.59 Å². The lowest BCUT2D eigenvalue weighted by molar-refractivity contribution is -0.116. The first kappa shape index (κ1) is 24.8. The highest BCUT2D eigenvalue weighted by atomic mass is 28.3. The van der Waals surface area contributed by atoms with Crippen molar-refractivity contribution in [3.8, 4) is 17.2 Å². The minimum absolute atomic E-state index is 0.124. The van der Waals surface area contributed by atoms with Gasteiger partial charge in [0.05, 0.1) is 19.9 Å². The summed E-state index contributed by atoms with van der Waals surface area (Å²) in [5.74, 6) is 3.09. The third-order valence-corrected chi connectivity index (χ3v) is 12.1. The van der Waals surface area contributed by atoms with Crippen LogP contribution in [0.2, 0.25) is 16.6 Å². The van der Waals surface area contributed by atoms with Crippen LogP contribution in [0.4, 0.5) is 5.69 Å². The number of nitrogens with zero attached hydrogens (tertiary/aromatic N) is 1. The Bertz CT molecular complexity index is 796. The first-order valence-electron chi connectivity index (χ1n) is 10.0. The molecule has 6 heteroatoms. The summed E-state index contributed by atoms with van der Waals surface area (Å²) in [4.78, 5) is 25.8. The van der Waals surface area contributed by atoms with E-state index >= 15 is 0 Å². The van der Waals surface area contributed by atoms with E-state index in [-0.39, 0.29) is 5.91 Å². The zero-order chi connectivity index (χ0) is 22.5. The van der Waals surface area contributed by atoms with Gasteiger partial charge in [0.2, 0.25) is 5.91 Å². The number of carbonyl (C=O) groups excluding carboxylic acids is 2. The van der Waals surface area contributed by atoms with Gasteiger partial charge in [-0.2, -0.15) is 0 Å². The maximum absolute atomic E-state index is 12.3. The zero-order valence-corrected chi connectivity index (χ0v) is 20.5. The van der Waals surface area contributed by atoms with Gasteiger partial charge in [-0.05, 0) is 22.7 Å². The van der Waals surface area contributed by atoms with Gasteiger partial charge in [-0.15, -0.1) is 5.54 Å². The van der Waals surface area contributed by atoms with Gasteiger partial charge in [-0.3, -0.25) is 4.79 Å². The molecule has 1 amide bonds. The summed E-state index contributed by atoms with van der Waals surface area (Å²) in [5, 5.41) is 0. The molecule has 0 fully saturated rings. The highest BCUT2D eigenvalue weighted by Gasteiger charge is 2.41. The highest BCUT2D eigenvalue weighted by molar-refractivity contribution is 6.90. The molecule has 0 bridgehead atoms. The van der Waals surface area contributed by atoms with Crippen molar-refractivity contribution in [1.82, 2.24) is 0 Å². The normalized spacial score (nSPS) is 11.3. The molecule has 0 aliphatic heterocycles. The summed E-state index contributed by atoms with van der Waals surface area (Å²) in [6.07, 6.45) is 0. The average Bonchev–Trinajstić information content (AvgIpc) is 2.65. The molecule has 5 nitrogen and oxygen atoms in total. The van der Waals surface area contributed by atoms with Gasteiger partial charge >= 0.3 is 5.97 Å². The second-order valence-electron chi connectivity index (χ2n) is 8.29. The number of amides is 1. The average molecular weight is 418 g/mol. The SMILES string of the molecule is COC(=O)c1cc(C#C[Si](C(C)C)(C(C)C)C(C)C)c(N(C)C(C)=O)cc1OC. The number of anilines is 1. The van der Waals surface area contributed by atoms with Gasteiger partial charge in [0, 0.05) is 25.6 Å². The second kappa shape index (κ2) is 9.97. The molecule has 0 saturated carbocycles. The number of benzene rings is 1. The molecule has 0 spiro atoms. The van der Waals surface area contributed by atoms with Crippen LogP contribution in [0, 0.1) is 11.5 Å². The third kappa shape index (κ3) is 5.02. The van der Waals surface area contributed by atoms with E-state index in [4.69, 9.17) is 9.47 Å². The summed E-state index contributed by atoms with van der Waals surface area (Å²) in [5.41, 5.74) is 6.63. The maximum atomic E-state index is 12.3. The second-order valence-corrected chi connectivity index (χ2v) is 13.9. The first-order chi connectivity index (χ1) is 13.4. The number of esters is 1. The Morgan fingerprint density at radius 2 is 1.52 bits per heavy atom.